The SMILES string of the molecule is CC(C)S(=O)(=O)CC(=O)c1cccs1. The zero-order chi connectivity index (χ0) is 10.8. The Morgan fingerprint density at radius 2 is 2.14 bits per heavy atom. The predicted molar refractivity (Wildman–Crippen MR) is 57.6 cm³/mol. The van der Waals surface area contributed by atoms with E-state index in [4.69, 9.17) is 0 Å². The fraction of sp³-hybridized carbons (Fsp3) is 0.444. The number of Topliss-reactive ketones (excluding diaryl/α,β-unsaturated/α-hetero) is 1. The molecule has 78 valence electrons. The molecule has 0 aliphatic heterocycles. The van der Waals surface area contributed by atoms with Gasteiger partial charge in [-0.1, -0.05) is 6.07 Å². The van der Waals surface area contributed by atoms with E-state index in [1.54, 1.807) is 31.4 Å². The van der Waals surface area contributed by atoms with E-state index in [0.717, 1.165) is 0 Å². The summed E-state index contributed by atoms with van der Waals surface area (Å²) in [7, 11) is -3.27. The number of rotatable bonds is 4. The Morgan fingerprint density at radius 1 is 1.50 bits per heavy atom. The molecule has 0 atom stereocenters. The second-order valence-corrected chi connectivity index (χ2v) is 6.76. The van der Waals surface area contributed by atoms with Gasteiger partial charge < -0.3 is 0 Å². The number of ketones is 1. The lowest BCUT2D eigenvalue weighted by atomic mass is 10.4. The van der Waals surface area contributed by atoms with Crippen molar-refractivity contribution < 1.29 is 13.2 Å². The van der Waals surface area contributed by atoms with Gasteiger partial charge >= 0.3 is 0 Å². The first-order chi connectivity index (χ1) is 6.43. The van der Waals surface area contributed by atoms with Gasteiger partial charge in [-0.2, -0.15) is 0 Å². The maximum Gasteiger partial charge on any atom is 0.187 e. The average molecular weight is 232 g/mol. The van der Waals surface area contributed by atoms with Crippen molar-refractivity contribution >= 4 is 27.0 Å². The van der Waals surface area contributed by atoms with Crippen LogP contribution in [-0.4, -0.2) is 25.2 Å². The van der Waals surface area contributed by atoms with E-state index in [0.29, 0.717) is 4.88 Å². The van der Waals surface area contributed by atoms with Crippen LogP contribution in [0, 0.1) is 0 Å². The highest BCUT2D eigenvalue weighted by Crippen LogP contribution is 2.12. The molecular weight excluding hydrogens is 220 g/mol. The lowest BCUT2D eigenvalue weighted by Crippen LogP contribution is -2.23. The monoisotopic (exact) mass is 232 g/mol. The van der Waals surface area contributed by atoms with Crippen molar-refractivity contribution in [1.29, 1.82) is 0 Å². The minimum Gasteiger partial charge on any atom is -0.292 e. The lowest BCUT2D eigenvalue weighted by molar-refractivity contribution is 0.102. The van der Waals surface area contributed by atoms with Crippen LogP contribution < -0.4 is 0 Å². The average Bonchev–Trinajstić information content (AvgIpc) is 2.54. The smallest absolute Gasteiger partial charge is 0.187 e. The maximum absolute atomic E-state index is 11.5. The van der Waals surface area contributed by atoms with Crippen molar-refractivity contribution in [3.8, 4) is 0 Å². The first-order valence-corrected chi connectivity index (χ1v) is 6.81. The van der Waals surface area contributed by atoms with Crippen molar-refractivity contribution in [2.24, 2.45) is 0 Å². The van der Waals surface area contributed by atoms with Gasteiger partial charge in [0.2, 0.25) is 0 Å². The highest BCUT2D eigenvalue weighted by molar-refractivity contribution is 7.92. The van der Waals surface area contributed by atoms with Gasteiger partial charge in [0.25, 0.3) is 0 Å². The molecule has 0 fully saturated rings. The summed E-state index contributed by atoms with van der Waals surface area (Å²) in [4.78, 5) is 12.0. The number of carbonyl (C=O) groups is 1. The van der Waals surface area contributed by atoms with Crippen molar-refractivity contribution in [3.63, 3.8) is 0 Å². The summed E-state index contributed by atoms with van der Waals surface area (Å²) in [6, 6.07) is 3.38. The number of thiophene rings is 1. The molecule has 0 amide bonds. The van der Waals surface area contributed by atoms with Crippen LogP contribution in [0.5, 0.6) is 0 Å². The predicted octanol–water partition coefficient (Wildman–Crippen LogP) is 1.75. The second-order valence-electron chi connectivity index (χ2n) is 3.26. The zero-order valence-electron chi connectivity index (χ0n) is 8.06. The van der Waals surface area contributed by atoms with Gasteiger partial charge in [0.1, 0.15) is 5.75 Å². The summed E-state index contributed by atoms with van der Waals surface area (Å²) >= 11 is 1.27. The molecule has 0 saturated heterocycles. The molecule has 1 aromatic rings. The van der Waals surface area contributed by atoms with Crippen LogP contribution in [0.1, 0.15) is 23.5 Å². The van der Waals surface area contributed by atoms with Gasteiger partial charge in [0, 0.05) is 0 Å². The third kappa shape index (κ3) is 2.65. The fourth-order valence-electron chi connectivity index (χ4n) is 0.858. The van der Waals surface area contributed by atoms with E-state index >= 15 is 0 Å². The normalized spacial score (nSPS) is 11.9. The van der Waals surface area contributed by atoms with E-state index in [1.165, 1.54) is 11.3 Å². The van der Waals surface area contributed by atoms with Crippen LogP contribution in [-0.2, 0) is 9.84 Å². The molecule has 0 N–H and O–H groups in total. The molecule has 0 aliphatic rings. The summed E-state index contributed by atoms with van der Waals surface area (Å²) in [5, 5.41) is 1.27. The molecule has 5 heteroatoms. The topological polar surface area (TPSA) is 51.2 Å². The van der Waals surface area contributed by atoms with Crippen molar-refractivity contribution in [3.05, 3.63) is 22.4 Å². The molecule has 1 aromatic heterocycles. The van der Waals surface area contributed by atoms with Crippen LogP contribution in [0.25, 0.3) is 0 Å². The Morgan fingerprint density at radius 3 is 2.57 bits per heavy atom. The number of hydrogen-bond donors (Lipinski definition) is 0. The van der Waals surface area contributed by atoms with Gasteiger partial charge in [-0.05, 0) is 25.3 Å². The second kappa shape index (κ2) is 4.23. The minimum atomic E-state index is -3.27. The van der Waals surface area contributed by atoms with Crippen LogP contribution in [0.3, 0.4) is 0 Å². The molecule has 0 radical (unpaired) electrons. The maximum atomic E-state index is 11.5. The summed E-state index contributed by atoms with van der Waals surface area (Å²) in [6.45, 7) is 3.16. The standard InChI is InChI=1S/C9H12O3S2/c1-7(2)14(11,12)6-8(10)9-4-3-5-13-9/h3-5,7H,6H2,1-2H3. The molecule has 0 unspecified atom stereocenters. The quantitative estimate of drug-likeness (QED) is 0.743. The molecule has 14 heavy (non-hydrogen) atoms. The highest BCUT2D eigenvalue weighted by Gasteiger charge is 2.21. The molecule has 0 saturated carbocycles. The number of carbonyl (C=O) groups excluding carboxylic acids is 1. The van der Waals surface area contributed by atoms with E-state index < -0.39 is 15.1 Å². The summed E-state index contributed by atoms with van der Waals surface area (Å²) < 4.78 is 22.8. The Hall–Kier alpha value is -0.680. The highest BCUT2D eigenvalue weighted by atomic mass is 32.2. The Labute approximate surface area is 87.7 Å². The van der Waals surface area contributed by atoms with Crippen LogP contribution >= 0.6 is 11.3 Å². The van der Waals surface area contributed by atoms with E-state index in [2.05, 4.69) is 0 Å². The molecule has 3 nitrogen and oxygen atoms in total. The van der Waals surface area contributed by atoms with E-state index in [1.807, 2.05) is 0 Å². The molecule has 1 rings (SSSR count). The van der Waals surface area contributed by atoms with Crippen molar-refractivity contribution in [1.82, 2.24) is 0 Å². The molecule has 0 spiro atoms. The van der Waals surface area contributed by atoms with Crippen LogP contribution in [0.2, 0.25) is 0 Å². The summed E-state index contributed by atoms with van der Waals surface area (Å²) in [5.74, 6) is -0.695. The van der Waals surface area contributed by atoms with Gasteiger partial charge in [-0.3, -0.25) is 4.79 Å². The Kier molecular flexibility index (Phi) is 3.44. The molecule has 0 aromatic carbocycles. The number of sulfone groups is 1. The van der Waals surface area contributed by atoms with E-state index in [-0.39, 0.29) is 11.5 Å². The molecule has 0 aliphatic carbocycles. The van der Waals surface area contributed by atoms with Gasteiger partial charge in [0.05, 0.1) is 10.1 Å². The fourth-order valence-corrected chi connectivity index (χ4v) is 2.47. The van der Waals surface area contributed by atoms with Crippen molar-refractivity contribution in [2.75, 3.05) is 5.75 Å². The summed E-state index contributed by atoms with van der Waals surface area (Å²) in [6.07, 6.45) is 0. The molecule has 0 bridgehead atoms. The largest absolute Gasteiger partial charge is 0.292 e. The molecular formula is C9H12O3S2. The van der Waals surface area contributed by atoms with E-state index in [9.17, 15) is 13.2 Å². The zero-order valence-corrected chi connectivity index (χ0v) is 9.69. The first-order valence-electron chi connectivity index (χ1n) is 4.22. The minimum absolute atomic E-state index is 0.311. The van der Waals surface area contributed by atoms with Gasteiger partial charge in [-0.25, -0.2) is 8.42 Å². The van der Waals surface area contributed by atoms with Gasteiger partial charge in [0.15, 0.2) is 15.6 Å². The Balaban J connectivity index is 2.77. The first kappa shape index (κ1) is 11.4. The van der Waals surface area contributed by atoms with Gasteiger partial charge in [-0.15, -0.1) is 11.3 Å². The Bertz CT molecular complexity index is 401. The van der Waals surface area contributed by atoms with Crippen LogP contribution in [0.4, 0.5) is 0 Å². The van der Waals surface area contributed by atoms with Crippen LogP contribution in [0.15, 0.2) is 17.5 Å². The van der Waals surface area contributed by atoms with Crippen molar-refractivity contribution in [2.45, 2.75) is 19.1 Å². The third-order valence-electron chi connectivity index (χ3n) is 1.85. The number of hydrogen-bond acceptors (Lipinski definition) is 4. The summed E-state index contributed by atoms with van der Waals surface area (Å²) in [5.41, 5.74) is 0. The third-order valence-corrected chi connectivity index (χ3v) is 4.86. The molecule has 1 heterocycles. The lowest BCUT2D eigenvalue weighted by Gasteiger charge is -2.05.